The number of alkyl halides is 2. The summed E-state index contributed by atoms with van der Waals surface area (Å²) in [5, 5.41) is 3.20. The summed E-state index contributed by atoms with van der Waals surface area (Å²) in [5.74, 6) is 0. The maximum atomic E-state index is 11.6. The summed E-state index contributed by atoms with van der Waals surface area (Å²) in [5.41, 5.74) is 1.30. The quantitative estimate of drug-likeness (QED) is 0.452. The maximum absolute atomic E-state index is 11.6. The van der Waals surface area contributed by atoms with Crippen LogP contribution in [0, 0.1) is 6.92 Å². The van der Waals surface area contributed by atoms with E-state index in [1.165, 1.54) is 20.2 Å². The number of rotatable bonds is 5. The molecule has 0 amide bonds. The highest BCUT2D eigenvalue weighted by Crippen LogP contribution is 2.30. The molecule has 0 saturated heterocycles. The van der Waals surface area contributed by atoms with Gasteiger partial charge in [-0.2, -0.15) is 17.2 Å². The summed E-state index contributed by atoms with van der Waals surface area (Å²) >= 11 is 0. The number of aliphatic hydroxyl groups is 1. The van der Waals surface area contributed by atoms with Gasteiger partial charge in [0.05, 0.1) is 10.9 Å². The summed E-state index contributed by atoms with van der Waals surface area (Å²) < 4.78 is 49.8. The molecule has 0 aromatic heterocycles. The van der Waals surface area contributed by atoms with Gasteiger partial charge >= 0.3 is 15.4 Å². The Morgan fingerprint density at radius 1 is 0.793 bits per heavy atom. The molecule has 0 unspecified atom stereocenters. The van der Waals surface area contributed by atoms with Crippen LogP contribution in [0.3, 0.4) is 0 Å². The number of aliphatic hydroxyl groups excluding tert-OH is 1. The number of hydrogen-bond donors (Lipinski definition) is 2. The van der Waals surface area contributed by atoms with Gasteiger partial charge in [0.2, 0.25) is 0 Å². The van der Waals surface area contributed by atoms with Crippen LogP contribution in [0.5, 0.6) is 0 Å². The second-order valence-electron chi connectivity index (χ2n) is 6.02. The fraction of sp³-hybridized carbons (Fsp3) is 0.143. The van der Waals surface area contributed by atoms with E-state index in [0.29, 0.717) is 0 Å². The average Bonchev–Trinajstić information content (AvgIpc) is 2.71. The van der Waals surface area contributed by atoms with Gasteiger partial charge in [-0.1, -0.05) is 54.1 Å². The minimum Gasteiger partial charge on any atom is -0.389 e. The molecule has 4 nitrogen and oxygen atoms in total. The van der Waals surface area contributed by atoms with Crippen molar-refractivity contribution in [2.75, 3.05) is 6.61 Å². The van der Waals surface area contributed by atoms with Crippen LogP contribution in [0.1, 0.15) is 5.56 Å². The number of aryl methyl sites for hydroxylation is 1. The maximum Gasteiger partial charge on any atom is 0.392 e. The molecule has 0 atom stereocenters. The molecule has 3 aromatic carbocycles. The second-order valence-corrected chi connectivity index (χ2v) is 9.59. The van der Waals surface area contributed by atoms with Crippen molar-refractivity contribution in [2.45, 2.75) is 26.9 Å². The van der Waals surface area contributed by atoms with Gasteiger partial charge in [0.15, 0.2) is 14.7 Å². The topological polar surface area (TPSA) is 74.6 Å². The highest BCUT2D eigenvalue weighted by atomic mass is 32.2. The lowest BCUT2D eigenvalue weighted by Crippen LogP contribution is -2.31. The third-order valence-corrected chi connectivity index (χ3v) is 6.89. The fourth-order valence-electron chi connectivity index (χ4n) is 2.28. The Bertz CT molecular complexity index is 954. The molecule has 29 heavy (non-hydrogen) atoms. The van der Waals surface area contributed by atoms with Crippen molar-refractivity contribution >= 4 is 21.0 Å². The Hall–Kier alpha value is -2.26. The van der Waals surface area contributed by atoms with Crippen molar-refractivity contribution < 1.29 is 26.9 Å². The van der Waals surface area contributed by atoms with E-state index < -0.39 is 22.0 Å². The Morgan fingerprint density at radius 2 is 1.17 bits per heavy atom. The average molecular weight is 440 g/mol. The highest BCUT2D eigenvalue weighted by molar-refractivity contribution is 7.97. The zero-order valence-electron chi connectivity index (χ0n) is 15.6. The molecule has 2 N–H and O–H groups in total. The van der Waals surface area contributed by atoms with Crippen molar-refractivity contribution in [1.29, 1.82) is 0 Å². The van der Waals surface area contributed by atoms with Gasteiger partial charge < -0.3 is 5.11 Å². The van der Waals surface area contributed by atoms with E-state index in [-0.39, 0.29) is 10.9 Å². The first kappa shape index (κ1) is 23.0. The van der Waals surface area contributed by atoms with Gasteiger partial charge in [-0.05, 0) is 43.3 Å². The lowest BCUT2D eigenvalue weighted by Gasteiger charge is -2.07. The zero-order valence-corrected chi connectivity index (χ0v) is 17.2. The molecule has 3 aromatic rings. The molecule has 0 aliphatic heterocycles. The lowest BCUT2D eigenvalue weighted by molar-refractivity contribution is 0.0187. The molecule has 0 spiro atoms. The lowest BCUT2D eigenvalue weighted by atomic mass is 10.2. The Balaban J connectivity index is 0.000000284. The molecule has 0 radical (unpaired) electrons. The fourth-order valence-corrected chi connectivity index (χ4v) is 4.52. The molecule has 3 rings (SSSR count). The monoisotopic (exact) mass is 439 g/mol. The summed E-state index contributed by atoms with van der Waals surface area (Å²) in [6.45, 7) is 0.221. The van der Waals surface area contributed by atoms with Gasteiger partial charge in [-0.3, -0.25) is 4.55 Å². The van der Waals surface area contributed by atoms with Crippen LogP contribution >= 0.6 is 0 Å². The van der Waals surface area contributed by atoms with Gasteiger partial charge in [-0.15, -0.1) is 0 Å². The Labute approximate surface area is 171 Å². The van der Waals surface area contributed by atoms with Crippen molar-refractivity contribution in [1.82, 2.24) is 0 Å². The Kier molecular flexibility index (Phi) is 7.92. The third-order valence-electron chi connectivity index (χ3n) is 3.78. The standard InChI is InChI=1S/C19H17S.C2H4F2O4S/c1-16-12-14-19(15-13-16)20(17-8-4-2-5-9-17)18-10-6-3-7-11-18;3-2(4,1-5)9(6,7)8/h2-15H,1H3;5H,1H2,(H,6,7,8)/q+1;. The van der Waals surface area contributed by atoms with Gasteiger partial charge in [0.25, 0.3) is 0 Å². The van der Waals surface area contributed by atoms with Gasteiger partial charge in [-0.25, -0.2) is 0 Å². The van der Waals surface area contributed by atoms with Crippen molar-refractivity contribution in [3.8, 4) is 0 Å². The molecule has 0 saturated carbocycles. The van der Waals surface area contributed by atoms with E-state index in [1.807, 2.05) is 0 Å². The number of benzene rings is 3. The van der Waals surface area contributed by atoms with E-state index in [9.17, 15) is 17.2 Å². The predicted molar refractivity (Wildman–Crippen MR) is 110 cm³/mol. The normalized spacial score (nSPS) is 11.7. The molecular weight excluding hydrogens is 418 g/mol. The summed E-state index contributed by atoms with van der Waals surface area (Å²) in [6.07, 6.45) is 0. The molecule has 0 bridgehead atoms. The van der Waals surface area contributed by atoms with Crippen LogP contribution in [-0.2, 0) is 21.0 Å². The minimum atomic E-state index is -5.44. The predicted octanol–water partition coefficient (Wildman–Crippen LogP) is 4.55. The molecular formula is C21H21F2O4S2+. The van der Waals surface area contributed by atoms with Crippen molar-refractivity contribution in [2.24, 2.45) is 0 Å². The van der Waals surface area contributed by atoms with E-state index in [4.69, 9.17) is 9.66 Å². The third kappa shape index (κ3) is 6.37. The van der Waals surface area contributed by atoms with Crippen LogP contribution < -0.4 is 0 Å². The van der Waals surface area contributed by atoms with Gasteiger partial charge in [0.1, 0.15) is 6.61 Å². The van der Waals surface area contributed by atoms with Crippen LogP contribution in [-0.4, -0.2) is 29.9 Å². The highest BCUT2D eigenvalue weighted by Gasteiger charge is 2.43. The zero-order chi connectivity index (χ0) is 21.5. The molecule has 0 aliphatic carbocycles. The second kappa shape index (κ2) is 9.98. The molecule has 0 aliphatic rings. The smallest absolute Gasteiger partial charge is 0.389 e. The number of hydrogen-bond acceptors (Lipinski definition) is 3. The van der Waals surface area contributed by atoms with Crippen LogP contribution in [0.15, 0.2) is 99.6 Å². The Morgan fingerprint density at radius 3 is 1.48 bits per heavy atom. The summed E-state index contributed by atoms with van der Waals surface area (Å²) in [7, 11) is -5.46. The van der Waals surface area contributed by atoms with E-state index in [0.717, 1.165) is 0 Å². The largest absolute Gasteiger partial charge is 0.392 e. The number of halogens is 2. The van der Waals surface area contributed by atoms with Crippen molar-refractivity contribution in [3.05, 3.63) is 90.5 Å². The molecule has 0 heterocycles. The van der Waals surface area contributed by atoms with E-state index in [1.54, 1.807) is 0 Å². The summed E-state index contributed by atoms with van der Waals surface area (Å²) in [6, 6.07) is 30.4. The molecule has 8 heteroatoms. The molecule has 0 fully saturated rings. The van der Waals surface area contributed by atoms with Crippen LogP contribution in [0.25, 0.3) is 0 Å². The van der Waals surface area contributed by atoms with Crippen LogP contribution in [0.2, 0.25) is 0 Å². The molecule has 154 valence electrons. The summed E-state index contributed by atoms with van der Waals surface area (Å²) in [4.78, 5) is 4.10. The first-order valence-corrected chi connectivity index (χ1v) is 11.2. The SMILES string of the molecule is Cc1ccc([S+](c2ccccc2)c2ccccc2)cc1.O=S(=O)(O)C(F)(F)CO. The van der Waals surface area contributed by atoms with Gasteiger partial charge in [0, 0.05) is 0 Å². The minimum absolute atomic E-state index is 0.0229. The first-order valence-electron chi connectivity index (χ1n) is 8.52. The van der Waals surface area contributed by atoms with Crippen molar-refractivity contribution in [3.63, 3.8) is 0 Å². The van der Waals surface area contributed by atoms with E-state index >= 15 is 0 Å². The van der Waals surface area contributed by atoms with Crippen LogP contribution in [0.4, 0.5) is 8.78 Å². The first-order chi connectivity index (χ1) is 13.7. The van der Waals surface area contributed by atoms with E-state index in [2.05, 4.69) is 91.9 Å².